The molecule has 0 aliphatic carbocycles. The summed E-state index contributed by atoms with van der Waals surface area (Å²) >= 11 is 2.81. The van der Waals surface area contributed by atoms with Crippen LogP contribution in [0.4, 0.5) is 0 Å². The second-order valence-corrected chi connectivity index (χ2v) is 6.47. The van der Waals surface area contributed by atoms with Crippen LogP contribution >= 0.6 is 0 Å². The standard InChI is InChI=1S/C16H21NO3Se/c1-10(2)14(18)11(3)15(19)17-13(9-20-16(17)21)12-7-5-4-6-8-12/h4-8,10-11,13-14,18H,9H2,1-3H3/t11-,13-,14+/m1/s1. The average molecular weight is 354 g/mol. The second kappa shape index (κ2) is 6.73. The first kappa shape index (κ1) is 16.2. The summed E-state index contributed by atoms with van der Waals surface area (Å²) in [7, 11) is 0. The molecule has 114 valence electrons. The topological polar surface area (TPSA) is 49.8 Å². The molecule has 1 N–H and O–H groups in total. The third-order valence-corrected chi connectivity index (χ3v) is 4.54. The Labute approximate surface area is 133 Å². The number of benzene rings is 1. The van der Waals surface area contributed by atoms with Gasteiger partial charge in [0.2, 0.25) is 0 Å². The predicted molar refractivity (Wildman–Crippen MR) is 82.8 cm³/mol. The van der Waals surface area contributed by atoms with Crippen molar-refractivity contribution in [3.05, 3.63) is 35.9 Å². The van der Waals surface area contributed by atoms with Crippen molar-refractivity contribution in [1.29, 1.82) is 0 Å². The molecule has 5 heteroatoms. The Hall–Kier alpha value is -1.16. The number of rotatable bonds is 4. The number of amides is 1. The van der Waals surface area contributed by atoms with Crippen molar-refractivity contribution in [1.82, 2.24) is 4.90 Å². The number of nitrogens with zero attached hydrogens (tertiary/aromatic N) is 1. The van der Waals surface area contributed by atoms with E-state index in [1.807, 2.05) is 44.2 Å². The van der Waals surface area contributed by atoms with Gasteiger partial charge in [0, 0.05) is 0 Å². The Balaban J connectivity index is 2.23. The Kier molecular flexibility index (Phi) is 5.20. The van der Waals surface area contributed by atoms with Crippen molar-refractivity contribution in [2.45, 2.75) is 32.9 Å². The molecule has 1 aromatic carbocycles. The number of carbonyl (C=O) groups excluding carboxylic acids is 1. The summed E-state index contributed by atoms with van der Waals surface area (Å²) < 4.78 is 6.01. The summed E-state index contributed by atoms with van der Waals surface area (Å²) in [5.41, 5.74) is 1.03. The monoisotopic (exact) mass is 355 g/mol. The van der Waals surface area contributed by atoms with Crippen molar-refractivity contribution in [2.75, 3.05) is 6.61 Å². The van der Waals surface area contributed by atoms with E-state index in [0.717, 1.165) is 5.56 Å². The first-order chi connectivity index (χ1) is 9.93. The molecule has 4 nitrogen and oxygen atoms in total. The van der Waals surface area contributed by atoms with Crippen LogP contribution in [0.2, 0.25) is 0 Å². The number of hydrogen-bond acceptors (Lipinski definition) is 3. The number of ether oxygens (including phenoxy) is 1. The number of hydrogen-bond donors (Lipinski definition) is 1. The summed E-state index contributed by atoms with van der Waals surface area (Å²) in [5, 5.41) is 10.2. The van der Waals surface area contributed by atoms with Crippen LogP contribution in [0.1, 0.15) is 32.4 Å². The van der Waals surface area contributed by atoms with Crippen LogP contribution in [0.3, 0.4) is 0 Å². The third-order valence-electron chi connectivity index (χ3n) is 3.88. The molecule has 0 radical (unpaired) electrons. The Morgan fingerprint density at radius 2 is 1.95 bits per heavy atom. The Bertz CT molecular complexity index is 518. The van der Waals surface area contributed by atoms with Crippen LogP contribution in [0.25, 0.3) is 0 Å². The zero-order valence-electron chi connectivity index (χ0n) is 12.5. The van der Waals surface area contributed by atoms with E-state index in [2.05, 4.69) is 15.6 Å². The molecule has 1 heterocycles. The van der Waals surface area contributed by atoms with Gasteiger partial charge in [-0.25, -0.2) is 0 Å². The first-order valence-corrected chi connectivity index (χ1v) is 8.02. The fourth-order valence-electron chi connectivity index (χ4n) is 2.53. The van der Waals surface area contributed by atoms with Gasteiger partial charge in [-0.05, 0) is 0 Å². The van der Waals surface area contributed by atoms with E-state index in [1.54, 1.807) is 11.8 Å². The Morgan fingerprint density at radius 3 is 2.52 bits per heavy atom. The summed E-state index contributed by atoms with van der Waals surface area (Å²) in [4.78, 5) is 14.4. The molecule has 1 aliphatic rings. The molecule has 1 aromatic rings. The zero-order valence-corrected chi connectivity index (χ0v) is 14.2. The number of aliphatic hydroxyl groups excluding tert-OH is 1. The summed E-state index contributed by atoms with van der Waals surface area (Å²) in [6.45, 7) is 6.02. The van der Waals surface area contributed by atoms with Gasteiger partial charge in [-0.2, -0.15) is 0 Å². The minimum atomic E-state index is -0.665. The van der Waals surface area contributed by atoms with E-state index < -0.39 is 12.0 Å². The molecule has 3 atom stereocenters. The van der Waals surface area contributed by atoms with Crippen LogP contribution in [0.15, 0.2) is 30.3 Å². The summed E-state index contributed by atoms with van der Waals surface area (Å²) in [6, 6.07) is 9.66. The molecule has 2 rings (SSSR count). The van der Waals surface area contributed by atoms with Crippen LogP contribution in [-0.2, 0) is 9.53 Å². The van der Waals surface area contributed by atoms with Crippen molar-refractivity contribution in [3.8, 4) is 0 Å². The van der Waals surface area contributed by atoms with E-state index in [1.165, 1.54) is 0 Å². The van der Waals surface area contributed by atoms with Crippen LogP contribution < -0.4 is 0 Å². The fourth-order valence-corrected chi connectivity index (χ4v) is 3.13. The third kappa shape index (κ3) is 3.37. The molecule has 1 fully saturated rings. The molecule has 1 aliphatic heterocycles. The van der Waals surface area contributed by atoms with Crippen LogP contribution in [0.5, 0.6) is 0 Å². The summed E-state index contributed by atoms with van der Waals surface area (Å²) in [5.74, 6) is -0.551. The van der Waals surface area contributed by atoms with Crippen molar-refractivity contribution in [2.24, 2.45) is 11.8 Å². The maximum atomic E-state index is 12.7. The van der Waals surface area contributed by atoms with Gasteiger partial charge in [0.05, 0.1) is 0 Å². The van der Waals surface area contributed by atoms with Crippen LogP contribution in [-0.4, -0.2) is 48.9 Å². The van der Waals surface area contributed by atoms with Gasteiger partial charge in [0.1, 0.15) is 0 Å². The van der Waals surface area contributed by atoms with E-state index in [-0.39, 0.29) is 17.9 Å². The fraction of sp³-hybridized carbons (Fsp3) is 0.500. The quantitative estimate of drug-likeness (QED) is 0.834. The number of aliphatic hydroxyl groups is 1. The maximum absolute atomic E-state index is 12.7. The summed E-state index contributed by atoms with van der Waals surface area (Å²) in [6.07, 6.45) is -0.665. The molecular weight excluding hydrogens is 333 g/mol. The van der Waals surface area contributed by atoms with Crippen molar-refractivity contribution in [3.63, 3.8) is 0 Å². The predicted octanol–water partition coefficient (Wildman–Crippen LogP) is 1.50. The van der Waals surface area contributed by atoms with Gasteiger partial charge in [-0.3, -0.25) is 0 Å². The SMILES string of the molecule is CC(C)[C@H](O)[C@@H](C)C(=O)N1C(=[Se])OC[C@@H]1c1ccccc1. The zero-order chi connectivity index (χ0) is 15.6. The second-order valence-electron chi connectivity index (χ2n) is 5.73. The van der Waals surface area contributed by atoms with Gasteiger partial charge in [0.25, 0.3) is 0 Å². The molecule has 0 bridgehead atoms. The van der Waals surface area contributed by atoms with Crippen LogP contribution in [0, 0.1) is 11.8 Å². The van der Waals surface area contributed by atoms with E-state index >= 15 is 0 Å². The molecule has 1 saturated heterocycles. The average Bonchev–Trinajstić information content (AvgIpc) is 2.87. The normalized spacial score (nSPS) is 21.3. The van der Waals surface area contributed by atoms with Gasteiger partial charge < -0.3 is 0 Å². The van der Waals surface area contributed by atoms with Crippen molar-refractivity contribution >= 4 is 26.2 Å². The molecule has 21 heavy (non-hydrogen) atoms. The van der Waals surface area contributed by atoms with Gasteiger partial charge >= 0.3 is 133 Å². The molecule has 0 unspecified atom stereocenters. The van der Waals surface area contributed by atoms with E-state index in [9.17, 15) is 9.90 Å². The van der Waals surface area contributed by atoms with E-state index in [0.29, 0.717) is 11.3 Å². The molecule has 0 saturated carbocycles. The van der Waals surface area contributed by atoms with Crippen molar-refractivity contribution < 1.29 is 14.6 Å². The molecule has 1 amide bonds. The Morgan fingerprint density at radius 1 is 1.33 bits per heavy atom. The first-order valence-electron chi connectivity index (χ1n) is 7.16. The van der Waals surface area contributed by atoms with Gasteiger partial charge in [-0.15, -0.1) is 0 Å². The van der Waals surface area contributed by atoms with E-state index in [4.69, 9.17) is 4.74 Å². The number of carbonyl (C=O) groups is 1. The molecule has 0 aromatic heterocycles. The van der Waals surface area contributed by atoms with Gasteiger partial charge in [0.15, 0.2) is 0 Å². The molecule has 0 spiro atoms. The molecular formula is C16H21NO3Se. The minimum absolute atomic E-state index is 0.0342. The van der Waals surface area contributed by atoms with Gasteiger partial charge in [-0.1, -0.05) is 0 Å².